The molecule has 0 radical (unpaired) electrons. The summed E-state index contributed by atoms with van der Waals surface area (Å²) in [4.78, 5) is 32.1. The smallest absolute Gasteiger partial charge is 0.233 e. The quantitative estimate of drug-likeness (QED) is 0.175. The molecule has 0 aromatic carbocycles. The molecule has 7 unspecified atom stereocenters. The number of amides is 2. The summed E-state index contributed by atoms with van der Waals surface area (Å²) in [5.74, 6) is 3.64. The van der Waals surface area contributed by atoms with Crippen LogP contribution in [0.1, 0.15) is 37.9 Å². The molecular weight excluding hydrogens is 531 g/mol. The zero-order valence-electron chi connectivity index (χ0n) is 18.8. The van der Waals surface area contributed by atoms with Crippen molar-refractivity contribution < 1.29 is 14.0 Å². The highest BCUT2D eigenvalue weighted by Crippen LogP contribution is 2.52. The normalized spacial score (nSPS) is 35.9. The van der Waals surface area contributed by atoms with Crippen LogP contribution in [0.2, 0.25) is 0 Å². The molecule has 4 aliphatic carbocycles. The lowest BCUT2D eigenvalue weighted by Crippen LogP contribution is -2.48. The SMILES string of the molecule is I.O=C1C2C3C=CC(C3)C2C(=O)N1CCNC(=NCCc1ccco1)NC1CC2CCC1C2. The van der Waals surface area contributed by atoms with Crippen LogP contribution in [-0.2, 0) is 16.0 Å². The van der Waals surface area contributed by atoms with Gasteiger partial charge in [-0.3, -0.25) is 19.5 Å². The molecule has 1 aromatic rings. The van der Waals surface area contributed by atoms with E-state index in [1.54, 1.807) is 6.26 Å². The van der Waals surface area contributed by atoms with Crippen LogP contribution in [0.25, 0.3) is 0 Å². The number of halogens is 1. The Kier molecular flexibility index (Phi) is 6.55. The molecule has 2 N–H and O–H groups in total. The average molecular weight is 564 g/mol. The zero-order chi connectivity index (χ0) is 21.7. The fourth-order valence-corrected chi connectivity index (χ4v) is 6.95. The van der Waals surface area contributed by atoms with E-state index in [-0.39, 0.29) is 59.5 Å². The van der Waals surface area contributed by atoms with Crippen LogP contribution in [0.4, 0.5) is 0 Å². The van der Waals surface area contributed by atoms with E-state index in [1.165, 1.54) is 30.6 Å². The Morgan fingerprint density at radius 3 is 2.52 bits per heavy atom. The number of hydrogen-bond acceptors (Lipinski definition) is 4. The Labute approximate surface area is 211 Å². The molecular formula is C25H33IN4O3. The third kappa shape index (κ3) is 4.23. The number of hydrogen-bond donors (Lipinski definition) is 2. The van der Waals surface area contributed by atoms with Crippen molar-refractivity contribution in [2.75, 3.05) is 19.6 Å². The van der Waals surface area contributed by atoms with Gasteiger partial charge in [0.25, 0.3) is 0 Å². The van der Waals surface area contributed by atoms with Crippen molar-refractivity contribution in [1.29, 1.82) is 0 Å². The van der Waals surface area contributed by atoms with Crippen LogP contribution in [-0.4, -0.2) is 48.3 Å². The second-order valence-electron chi connectivity index (χ2n) is 10.2. The molecule has 1 aromatic heterocycles. The zero-order valence-corrected chi connectivity index (χ0v) is 21.1. The standard InChI is InChI=1S/C25H32N4O3.HI/c30-23-21-17-5-6-18(14-17)22(21)24(31)29(23)10-9-27-25(26-8-7-19-2-1-11-32-19)28-20-13-15-3-4-16(20)12-15;/h1-2,5-6,11,15-18,20-22H,3-4,7-10,12-14H2,(H2,26,27,28);1H. The number of nitrogens with zero attached hydrogens (tertiary/aromatic N) is 2. The lowest BCUT2D eigenvalue weighted by molar-refractivity contribution is -0.140. The van der Waals surface area contributed by atoms with Crippen molar-refractivity contribution in [2.24, 2.45) is 40.5 Å². The number of rotatable bonds is 7. The summed E-state index contributed by atoms with van der Waals surface area (Å²) in [5.41, 5.74) is 0. The van der Waals surface area contributed by atoms with Gasteiger partial charge in [-0.15, -0.1) is 24.0 Å². The van der Waals surface area contributed by atoms with Crippen LogP contribution in [0.15, 0.2) is 40.0 Å². The largest absolute Gasteiger partial charge is 0.469 e. The predicted octanol–water partition coefficient (Wildman–Crippen LogP) is 2.97. The third-order valence-corrected chi connectivity index (χ3v) is 8.46. The van der Waals surface area contributed by atoms with Gasteiger partial charge >= 0.3 is 0 Å². The van der Waals surface area contributed by atoms with Crippen molar-refractivity contribution in [3.63, 3.8) is 0 Å². The Hall–Kier alpha value is -1.84. The molecule has 8 heteroatoms. The highest BCUT2D eigenvalue weighted by atomic mass is 127. The van der Waals surface area contributed by atoms with E-state index in [2.05, 4.69) is 22.8 Å². The Balaban J connectivity index is 0.00000228. The van der Waals surface area contributed by atoms with Gasteiger partial charge in [0, 0.05) is 32.1 Å². The van der Waals surface area contributed by atoms with Crippen LogP contribution in [0.5, 0.6) is 0 Å². The Morgan fingerprint density at radius 1 is 1.09 bits per heavy atom. The fourth-order valence-electron chi connectivity index (χ4n) is 6.95. The molecule has 2 amide bonds. The number of likely N-dealkylation sites (tertiary alicyclic amines) is 1. The second kappa shape index (κ2) is 9.43. The van der Waals surface area contributed by atoms with E-state index in [0.29, 0.717) is 25.7 Å². The van der Waals surface area contributed by atoms with Crippen LogP contribution < -0.4 is 10.6 Å². The number of carbonyl (C=O) groups excluding carboxylic acids is 2. The van der Waals surface area contributed by atoms with Gasteiger partial charge in [-0.2, -0.15) is 0 Å². The fraction of sp³-hybridized carbons (Fsp3) is 0.640. The molecule has 3 saturated carbocycles. The maximum atomic E-state index is 12.9. The van der Waals surface area contributed by atoms with Gasteiger partial charge in [0.15, 0.2) is 5.96 Å². The number of guanidine groups is 1. The van der Waals surface area contributed by atoms with Crippen LogP contribution >= 0.6 is 24.0 Å². The number of allylic oxidation sites excluding steroid dienone is 2. The molecule has 4 fully saturated rings. The van der Waals surface area contributed by atoms with Gasteiger partial charge in [-0.1, -0.05) is 18.6 Å². The van der Waals surface area contributed by atoms with Gasteiger partial charge in [-0.25, -0.2) is 0 Å². The topological polar surface area (TPSA) is 86.9 Å². The monoisotopic (exact) mass is 564 g/mol. The van der Waals surface area contributed by atoms with Crippen molar-refractivity contribution in [3.8, 4) is 0 Å². The lowest BCUT2D eigenvalue weighted by atomic mass is 9.85. The Morgan fingerprint density at radius 2 is 1.88 bits per heavy atom. The maximum Gasteiger partial charge on any atom is 0.233 e. The van der Waals surface area contributed by atoms with Gasteiger partial charge in [-0.05, 0) is 61.5 Å². The minimum absolute atomic E-state index is 0. The number of aliphatic imine (C=N–C) groups is 1. The molecule has 7 atom stereocenters. The summed E-state index contributed by atoms with van der Waals surface area (Å²) >= 11 is 0. The average Bonchev–Trinajstić information content (AvgIpc) is 3.62. The minimum Gasteiger partial charge on any atom is -0.469 e. The van der Waals surface area contributed by atoms with E-state index >= 15 is 0 Å². The van der Waals surface area contributed by atoms with Gasteiger partial charge in [0.1, 0.15) is 5.76 Å². The van der Waals surface area contributed by atoms with Crippen LogP contribution in [0, 0.1) is 35.5 Å². The molecule has 5 aliphatic rings. The van der Waals surface area contributed by atoms with E-state index in [1.807, 2.05) is 12.1 Å². The number of furan rings is 1. The van der Waals surface area contributed by atoms with E-state index in [0.717, 1.165) is 36.4 Å². The molecule has 7 nitrogen and oxygen atoms in total. The number of imide groups is 1. The highest BCUT2D eigenvalue weighted by Gasteiger charge is 2.58. The predicted molar refractivity (Wildman–Crippen MR) is 135 cm³/mol. The highest BCUT2D eigenvalue weighted by molar-refractivity contribution is 14.0. The first-order chi connectivity index (χ1) is 15.7. The molecule has 2 heterocycles. The molecule has 178 valence electrons. The van der Waals surface area contributed by atoms with Crippen molar-refractivity contribution >= 4 is 41.8 Å². The summed E-state index contributed by atoms with van der Waals surface area (Å²) < 4.78 is 5.42. The summed E-state index contributed by atoms with van der Waals surface area (Å²) in [6.07, 6.45) is 12.9. The second-order valence-corrected chi connectivity index (χ2v) is 10.2. The molecule has 1 saturated heterocycles. The van der Waals surface area contributed by atoms with Crippen molar-refractivity contribution in [1.82, 2.24) is 15.5 Å². The molecule has 0 spiro atoms. The number of nitrogens with one attached hydrogen (secondary N) is 2. The molecule has 33 heavy (non-hydrogen) atoms. The first-order valence-electron chi connectivity index (χ1n) is 12.3. The van der Waals surface area contributed by atoms with Gasteiger partial charge < -0.3 is 15.1 Å². The van der Waals surface area contributed by atoms with E-state index < -0.39 is 0 Å². The summed E-state index contributed by atoms with van der Waals surface area (Å²) in [6.45, 7) is 1.55. The summed E-state index contributed by atoms with van der Waals surface area (Å²) in [6, 6.07) is 4.34. The molecule has 6 rings (SSSR count). The van der Waals surface area contributed by atoms with Gasteiger partial charge in [0.05, 0.1) is 18.1 Å². The number of carbonyl (C=O) groups is 2. The van der Waals surface area contributed by atoms with E-state index in [9.17, 15) is 9.59 Å². The third-order valence-electron chi connectivity index (χ3n) is 8.46. The van der Waals surface area contributed by atoms with Crippen molar-refractivity contribution in [3.05, 3.63) is 36.3 Å². The summed E-state index contributed by atoms with van der Waals surface area (Å²) in [7, 11) is 0. The van der Waals surface area contributed by atoms with Crippen LogP contribution in [0.3, 0.4) is 0 Å². The first kappa shape index (κ1) is 22.9. The van der Waals surface area contributed by atoms with Crippen molar-refractivity contribution in [2.45, 2.75) is 44.6 Å². The van der Waals surface area contributed by atoms with Gasteiger partial charge in [0.2, 0.25) is 11.8 Å². The minimum atomic E-state index is -0.119. The maximum absolute atomic E-state index is 12.9. The first-order valence-corrected chi connectivity index (χ1v) is 12.3. The van der Waals surface area contributed by atoms with E-state index in [4.69, 9.17) is 9.41 Å². The molecule has 4 bridgehead atoms. The molecule has 1 aliphatic heterocycles. The number of fused-ring (bicyclic) bond motifs is 7. The Bertz CT molecular complexity index is 915. The lowest BCUT2D eigenvalue weighted by Gasteiger charge is -2.26. The summed E-state index contributed by atoms with van der Waals surface area (Å²) in [5, 5.41) is 7.05.